The number of hydrogen-bond donors (Lipinski definition) is 2. The minimum absolute atomic E-state index is 0.0716. The quantitative estimate of drug-likeness (QED) is 0.801. The highest BCUT2D eigenvalue weighted by molar-refractivity contribution is 5.94. The third-order valence-corrected chi connectivity index (χ3v) is 4.20. The van der Waals surface area contributed by atoms with Gasteiger partial charge in [-0.1, -0.05) is 18.2 Å². The first kappa shape index (κ1) is 16.3. The van der Waals surface area contributed by atoms with E-state index in [0.29, 0.717) is 30.3 Å². The number of phenols is 1. The minimum atomic E-state index is -0.145. The summed E-state index contributed by atoms with van der Waals surface area (Å²) < 4.78 is 10.5. The van der Waals surface area contributed by atoms with Crippen molar-refractivity contribution in [3.05, 3.63) is 59.2 Å². The first-order valence-electron chi connectivity index (χ1n) is 8.02. The second-order valence-corrected chi connectivity index (χ2v) is 5.78. The second-order valence-electron chi connectivity index (χ2n) is 5.78. The SMILES string of the molecule is COCCOc1cccc(C(=O)NC2CCc3c(O)cccc32)c1. The molecule has 0 aliphatic heterocycles. The van der Waals surface area contributed by atoms with Gasteiger partial charge < -0.3 is 19.9 Å². The van der Waals surface area contributed by atoms with E-state index >= 15 is 0 Å². The Bertz CT molecular complexity index is 729. The zero-order valence-electron chi connectivity index (χ0n) is 13.6. The maximum atomic E-state index is 12.5. The summed E-state index contributed by atoms with van der Waals surface area (Å²) in [5.74, 6) is 0.801. The smallest absolute Gasteiger partial charge is 0.251 e. The number of benzene rings is 2. The summed E-state index contributed by atoms with van der Waals surface area (Å²) in [6, 6.07) is 12.5. The summed E-state index contributed by atoms with van der Waals surface area (Å²) in [6.45, 7) is 0.940. The summed E-state index contributed by atoms with van der Waals surface area (Å²) >= 11 is 0. The number of aromatic hydroxyl groups is 1. The molecule has 3 rings (SSSR count). The van der Waals surface area contributed by atoms with Crippen LogP contribution in [-0.2, 0) is 11.2 Å². The summed E-state index contributed by atoms with van der Waals surface area (Å²) in [6.07, 6.45) is 1.57. The molecule has 24 heavy (non-hydrogen) atoms. The Morgan fingerprint density at radius 2 is 2.08 bits per heavy atom. The van der Waals surface area contributed by atoms with Crippen LogP contribution in [0.3, 0.4) is 0 Å². The number of nitrogens with one attached hydrogen (secondary N) is 1. The van der Waals surface area contributed by atoms with E-state index in [2.05, 4.69) is 5.32 Å². The Morgan fingerprint density at radius 1 is 1.25 bits per heavy atom. The molecule has 2 N–H and O–H groups in total. The molecule has 2 aromatic rings. The molecule has 1 unspecified atom stereocenters. The normalized spacial score (nSPS) is 15.8. The van der Waals surface area contributed by atoms with E-state index in [1.165, 1.54) is 0 Å². The molecule has 0 bridgehead atoms. The van der Waals surface area contributed by atoms with Crippen molar-refractivity contribution in [3.8, 4) is 11.5 Å². The van der Waals surface area contributed by atoms with Gasteiger partial charge in [0.2, 0.25) is 0 Å². The van der Waals surface area contributed by atoms with Crippen LogP contribution in [0.2, 0.25) is 0 Å². The second kappa shape index (κ2) is 7.36. The molecule has 1 aliphatic carbocycles. The molecule has 126 valence electrons. The molecule has 2 aromatic carbocycles. The molecule has 1 aliphatic rings. The van der Waals surface area contributed by atoms with E-state index < -0.39 is 0 Å². The van der Waals surface area contributed by atoms with E-state index in [9.17, 15) is 9.90 Å². The van der Waals surface area contributed by atoms with Crippen LogP contribution in [0, 0.1) is 0 Å². The molecule has 1 amide bonds. The lowest BCUT2D eigenvalue weighted by Crippen LogP contribution is -2.27. The first-order chi connectivity index (χ1) is 11.7. The standard InChI is InChI=1S/C19H21NO4/c1-23-10-11-24-14-5-2-4-13(12-14)19(22)20-17-9-8-16-15(17)6-3-7-18(16)21/h2-7,12,17,21H,8-11H2,1H3,(H,20,22). The van der Waals surface area contributed by atoms with Crippen LogP contribution in [0.4, 0.5) is 0 Å². The number of methoxy groups -OCH3 is 1. The molecule has 0 heterocycles. The number of carbonyl (C=O) groups excluding carboxylic acids is 1. The molecule has 5 nitrogen and oxygen atoms in total. The first-order valence-corrected chi connectivity index (χ1v) is 8.02. The van der Waals surface area contributed by atoms with Gasteiger partial charge in [0.1, 0.15) is 18.1 Å². The highest BCUT2D eigenvalue weighted by Crippen LogP contribution is 2.36. The monoisotopic (exact) mass is 327 g/mol. The Morgan fingerprint density at radius 3 is 2.92 bits per heavy atom. The molecular weight excluding hydrogens is 306 g/mol. The van der Waals surface area contributed by atoms with Gasteiger partial charge in [0.25, 0.3) is 5.91 Å². The summed E-state index contributed by atoms with van der Waals surface area (Å²) in [5, 5.41) is 12.9. The van der Waals surface area contributed by atoms with Crippen molar-refractivity contribution < 1.29 is 19.4 Å². The van der Waals surface area contributed by atoms with Crippen molar-refractivity contribution in [1.29, 1.82) is 0 Å². The lowest BCUT2D eigenvalue weighted by atomic mass is 10.1. The van der Waals surface area contributed by atoms with Crippen LogP contribution < -0.4 is 10.1 Å². The number of amides is 1. The highest BCUT2D eigenvalue weighted by atomic mass is 16.5. The summed E-state index contributed by atoms with van der Waals surface area (Å²) in [5.41, 5.74) is 2.48. The zero-order chi connectivity index (χ0) is 16.9. The van der Waals surface area contributed by atoms with Crippen LogP contribution in [0.1, 0.15) is 33.9 Å². The van der Waals surface area contributed by atoms with Gasteiger partial charge in [0, 0.05) is 12.7 Å². The van der Waals surface area contributed by atoms with Crippen LogP contribution >= 0.6 is 0 Å². The topological polar surface area (TPSA) is 67.8 Å². The molecule has 0 fully saturated rings. The van der Waals surface area contributed by atoms with E-state index in [0.717, 1.165) is 24.0 Å². The Hall–Kier alpha value is -2.53. The van der Waals surface area contributed by atoms with Crippen molar-refractivity contribution >= 4 is 5.91 Å². The Labute approximate surface area is 141 Å². The van der Waals surface area contributed by atoms with Gasteiger partial charge in [0.15, 0.2) is 0 Å². The van der Waals surface area contributed by atoms with Crippen molar-refractivity contribution in [2.45, 2.75) is 18.9 Å². The van der Waals surface area contributed by atoms with Crippen molar-refractivity contribution in [2.75, 3.05) is 20.3 Å². The van der Waals surface area contributed by atoms with Crippen molar-refractivity contribution in [1.82, 2.24) is 5.32 Å². The van der Waals surface area contributed by atoms with Crippen LogP contribution in [-0.4, -0.2) is 31.3 Å². The predicted molar refractivity (Wildman–Crippen MR) is 90.4 cm³/mol. The van der Waals surface area contributed by atoms with Crippen LogP contribution in [0.25, 0.3) is 0 Å². The zero-order valence-corrected chi connectivity index (χ0v) is 13.6. The van der Waals surface area contributed by atoms with Gasteiger partial charge in [-0.25, -0.2) is 0 Å². The molecule has 0 saturated heterocycles. The van der Waals surface area contributed by atoms with Gasteiger partial charge in [-0.2, -0.15) is 0 Å². The molecule has 0 saturated carbocycles. The molecule has 0 spiro atoms. The van der Waals surface area contributed by atoms with Gasteiger partial charge in [-0.3, -0.25) is 4.79 Å². The molecular formula is C19H21NO4. The summed E-state index contributed by atoms with van der Waals surface area (Å²) in [4.78, 5) is 12.5. The fourth-order valence-corrected chi connectivity index (χ4v) is 3.00. The number of hydrogen-bond acceptors (Lipinski definition) is 4. The molecule has 5 heteroatoms. The summed E-state index contributed by atoms with van der Waals surface area (Å²) in [7, 11) is 1.62. The van der Waals surface area contributed by atoms with Gasteiger partial charge >= 0.3 is 0 Å². The van der Waals surface area contributed by atoms with Gasteiger partial charge in [-0.15, -0.1) is 0 Å². The molecule has 1 atom stereocenters. The van der Waals surface area contributed by atoms with E-state index in [4.69, 9.17) is 9.47 Å². The number of rotatable bonds is 6. The Kier molecular flexibility index (Phi) is 5.01. The van der Waals surface area contributed by atoms with Gasteiger partial charge in [0.05, 0.1) is 12.6 Å². The Balaban J connectivity index is 1.68. The van der Waals surface area contributed by atoms with Crippen LogP contribution in [0.15, 0.2) is 42.5 Å². The van der Waals surface area contributed by atoms with Crippen LogP contribution in [0.5, 0.6) is 11.5 Å². The minimum Gasteiger partial charge on any atom is -0.508 e. The average Bonchev–Trinajstić information content (AvgIpc) is 3.00. The van der Waals surface area contributed by atoms with E-state index in [-0.39, 0.29) is 11.9 Å². The molecule has 0 radical (unpaired) electrons. The molecule has 0 aromatic heterocycles. The number of phenolic OH excluding ortho intramolecular Hbond substituents is 1. The largest absolute Gasteiger partial charge is 0.508 e. The average molecular weight is 327 g/mol. The maximum Gasteiger partial charge on any atom is 0.251 e. The fourth-order valence-electron chi connectivity index (χ4n) is 3.00. The van der Waals surface area contributed by atoms with E-state index in [1.807, 2.05) is 18.2 Å². The van der Waals surface area contributed by atoms with Gasteiger partial charge in [-0.05, 0) is 48.2 Å². The number of carbonyl (C=O) groups is 1. The third kappa shape index (κ3) is 3.51. The van der Waals surface area contributed by atoms with Crippen molar-refractivity contribution in [3.63, 3.8) is 0 Å². The lowest BCUT2D eigenvalue weighted by Gasteiger charge is -2.15. The fraction of sp³-hybridized carbons (Fsp3) is 0.316. The maximum absolute atomic E-state index is 12.5. The van der Waals surface area contributed by atoms with Crippen molar-refractivity contribution in [2.24, 2.45) is 0 Å². The predicted octanol–water partition coefficient (Wildman–Crippen LogP) is 2.83. The lowest BCUT2D eigenvalue weighted by molar-refractivity contribution is 0.0936. The number of fused-ring (bicyclic) bond motifs is 1. The third-order valence-electron chi connectivity index (χ3n) is 4.20. The highest BCUT2D eigenvalue weighted by Gasteiger charge is 2.26. The van der Waals surface area contributed by atoms with E-state index in [1.54, 1.807) is 31.4 Å². The number of ether oxygens (including phenoxy) is 2.